The highest BCUT2D eigenvalue weighted by Gasteiger charge is 2.11. The van der Waals surface area contributed by atoms with Crippen LogP contribution in [0.15, 0.2) is 36.4 Å². The van der Waals surface area contributed by atoms with Gasteiger partial charge in [-0.2, -0.15) is 0 Å². The first-order valence-electron chi connectivity index (χ1n) is 6.67. The molecule has 0 unspecified atom stereocenters. The van der Waals surface area contributed by atoms with Gasteiger partial charge in [0.2, 0.25) is 0 Å². The molecule has 106 valence electrons. The number of hydrogen-bond donors (Lipinski definition) is 0. The van der Waals surface area contributed by atoms with Gasteiger partial charge < -0.3 is 4.74 Å². The molecule has 0 saturated carbocycles. The molecule has 2 aromatic carbocycles. The first-order valence-corrected chi connectivity index (χ1v) is 7.05. The van der Waals surface area contributed by atoms with Crippen molar-refractivity contribution in [1.29, 1.82) is 0 Å². The van der Waals surface area contributed by atoms with E-state index in [-0.39, 0.29) is 0 Å². The predicted octanol–water partition coefficient (Wildman–Crippen LogP) is 4.58. The molecule has 1 heterocycles. The lowest BCUT2D eigenvalue weighted by molar-refractivity contribution is 0.415. The third kappa shape index (κ3) is 2.57. The maximum atomic E-state index is 6.33. The van der Waals surface area contributed by atoms with Crippen molar-refractivity contribution in [2.24, 2.45) is 0 Å². The predicted molar refractivity (Wildman–Crippen MR) is 86.0 cm³/mol. The molecule has 0 fully saturated rings. The lowest BCUT2D eigenvalue weighted by Gasteiger charge is -2.09. The summed E-state index contributed by atoms with van der Waals surface area (Å²) in [6.07, 6.45) is 0. The number of halogens is 1. The number of aryl methyl sites for hydroxylation is 2. The zero-order chi connectivity index (χ0) is 15.0. The van der Waals surface area contributed by atoms with Crippen LogP contribution < -0.4 is 4.74 Å². The van der Waals surface area contributed by atoms with E-state index in [1.165, 1.54) is 5.56 Å². The Morgan fingerprint density at radius 3 is 2.57 bits per heavy atom. The highest BCUT2D eigenvalue weighted by molar-refractivity contribution is 6.34. The summed E-state index contributed by atoms with van der Waals surface area (Å²) in [6.45, 7) is 4.10. The largest absolute Gasteiger partial charge is 0.497 e. The van der Waals surface area contributed by atoms with Gasteiger partial charge in [0, 0.05) is 10.9 Å². The van der Waals surface area contributed by atoms with Gasteiger partial charge in [-0.05, 0) is 43.7 Å². The van der Waals surface area contributed by atoms with Crippen molar-refractivity contribution in [2.75, 3.05) is 7.11 Å². The molecule has 0 saturated heterocycles. The minimum Gasteiger partial charge on any atom is -0.497 e. The fraction of sp³-hybridized carbons (Fsp3) is 0.176. The fourth-order valence-electron chi connectivity index (χ4n) is 2.29. The van der Waals surface area contributed by atoms with Crippen LogP contribution in [0.3, 0.4) is 0 Å². The van der Waals surface area contributed by atoms with Crippen LogP contribution in [0.5, 0.6) is 5.75 Å². The molecule has 0 bridgehead atoms. The van der Waals surface area contributed by atoms with Crippen molar-refractivity contribution in [3.8, 4) is 17.1 Å². The van der Waals surface area contributed by atoms with E-state index in [0.29, 0.717) is 11.0 Å². The molecule has 1 aromatic heterocycles. The number of fused-ring (bicyclic) bond motifs is 1. The van der Waals surface area contributed by atoms with Gasteiger partial charge in [-0.25, -0.2) is 9.97 Å². The molecule has 3 aromatic rings. The highest BCUT2D eigenvalue weighted by atomic mass is 35.5. The zero-order valence-electron chi connectivity index (χ0n) is 12.1. The summed E-state index contributed by atoms with van der Waals surface area (Å²) in [4.78, 5) is 9.08. The van der Waals surface area contributed by atoms with Crippen LogP contribution in [0.2, 0.25) is 5.15 Å². The first-order chi connectivity index (χ1) is 10.1. The van der Waals surface area contributed by atoms with Crippen molar-refractivity contribution in [1.82, 2.24) is 9.97 Å². The lowest BCUT2D eigenvalue weighted by Crippen LogP contribution is -1.95. The quantitative estimate of drug-likeness (QED) is 0.650. The van der Waals surface area contributed by atoms with E-state index in [1.54, 1.807) is 7.11 Å². The van der Waals surface area contributed by atoms with Gasteiger partial charge in [0.25, 0.3) is 0 Å². The molecule has 0 N–H and O–H groups in total. The fourth-order valence-corrected chi connectivity index (χ4v) is 2.53. The summed E-state index contributed by atoms with van der Waals surface area (Å²) in [6, 6.07) is 11.8. The van der Waals surface area contributed by atoms with Gasteiger partial charge in [-0.3, -0.25) is 0 Å². The molecule has 0 aliphatic rings. The lowest BCUT2D eigenvalue weighted by atomic mass is 10.0. The summed E-state index contributed by atoms with van der Waals surface area (Å²) in [7, 11) is 1.63. The Kier molecular flexibility index (Phi) is 3.52. The van der Waals surface area contributed by atoms with Crippen molar-refractivity contribution in [2.45, 2.75) is 13.8 Å². The maximum Gasteiger partial charge on any atom is 0.161 e. The van der Waals surface area contributed by atoms with Gasteiger partial charge in [0.15, 0.2) is 5.82 Å². The van der Waals surface area contributed by atoms with E-state index in [4.69, 9.17) is 16.3 Å². The van der Waals surface area contributed by atoms with E-state index in [1.807, 2.05) is 25.1 Å². The monoisotopic (exact) mass is 298 g/mol. The number of methoxy groups -OCH3 is 1. The molecule has 0 radical (unpaired) electrons. The number of ether oxygens (including phenoxy) is 1. The Morgan fingerprint density at radius 1 is 1.00 bits per heavy atom. The summed E-state index contributed by atoms with van der Waals surface area (Å²) in [5.74, 6) is 1.39. The van der Waals surface area contributed by atoms with Crippen LogP contribution >= 0.6 is 11.6 Å². The van der Waals surface area contributed by atoms with Gasteiger partial charge in [0.1, 0.15) is 10.9 Å². The summed E-state index contributed by atoms with van der Waals surface area (Å²) < 4.78 is 5.21. The van der Waals surface area contributed by atoms with Gasteiger partial charge in [-0.1, -0.05) is 29.3 Å². The zero-order valence-corrected chi connectivity index (χ0v) is 12.9. The molecule has 0 amide bonds. The Hall–Kier alpha value is -2.13. The molecule has 4 heteroatoms. The number of rotatable bonds is 2. The van der Waals surface area contributed by atoms with Crippen LogP contribution in [0, 0.1) is 13.8 Å². The molecule has 0 aliphatic heterocycles. The van der Waals surface area contributed by atoms with E-state index >= 15 is 0 Å². The molecule has 3 nitrogen and oxygen atoms in total. The molecule has 3 rings (SSSR count). The van der Waals surface area contributed by atoms with E-state index < -0.39 is 0 Å². The second-order valence-corrected chi connectivity index (χ2v) is 5.40. The van der Waals surface area contributed by atoms with Crippen molar-refractivity contribution in [3.05, 3.63) is 52.7 Å². The van der Waals surface area contributed by atoms with Crippen molar-refractivity contribution >= 4 is 22.5 Å². The number of nitrogens with zero attached hydrogens (tertiary/aromatic N) is 2. The number of aromatic nitrogens is 2. The average molecular weight is 299 g/mol. The van der Waals surface area contributed by atoms with Crippen LogP contribution in [0.25, 0.3) is 22.3 Å². The molecule has 0 atom stereocenters. The van der Waals surface area contributed by atoms with Gasteiger partial charge in [-0.15, -0.1) is 0 Å². The minimum absolute atomic E-state index is 0.440. The molecule has 0 spiro atoms. The third-order valence-electron chi connectivity index (χ3n) is 3.49. The molecule has 21 heavy (non-hydrogen) atoms. The average Bonchev–Trinajstić information content (AvgIpc) is 2.49. The summed E-state index contributed by atoms with van der Waals surface area (Å²) in [5, 5.41) is 1.24. The van der Waals surface area contributed by atoms with E-state index in [9.17, 15) is 0 Å². The smallest absolute Gasteiger partial charge is 0.161 e. The summed E-state index contributed by atoms with van der Waals surface area (Å²) >= 11 is 6.33. The Bertz CT molecular complexity index is 830. The van der Waals surface area contributed by atoms with E-state index in [2.05, 4.69) is 35.1 Å². The maximum absolute atomic E-state index is 6.33. The van der Waals surface area contributed by atoms with Gasteiger partial charge in [0.05, 0.1) is 12.6 Å². The molecule has 0 aliphatic carbocycles. The standard InChI is InChI=1S/C17H15ClN2O/c1-10-4-5-11(2)13(8-10)17-19-15-7-6-12(21-3)9-14(15)16(18)20-17/h4-9H,1-3H3. The first kappa shape index (κ1) is 13.8. The van der Waals surface area contributed by atoms with Crippen LogP contribution in [-0.4, -0.2) is 17.1 Å². The molecular weight excluding hydrogens is 284 g/mol. The molecular formula is C17H15ClN2O. The Morgan fingerprint density at radius 2 is 1.81 bits per heavy atom. The van der Waals surface area contributed by atoms with Crippen molar-refractivity contribution in [3.63, 3.8) is 0 Å². The van der Waals surface area contributed by atoms with Crippen LogP contribution in [0.1, 0.15) is 11.1 Å². The van der Waals surface area contributed by atoms with Gasteiger partial charge >= 0.3 is 0 Å². The number of benzene rings is 2. The minimum atomic E-state index is 0.440. The second-order valence-electron chi connectivity index (χ2n) is 5.04. The summed E-state index contributed by atoms with van der Waals surface area (Å²) in [5.41, 5.74) is 4.12. The second kappa shape index (κ2) is 5.34. The number of hydrogen-bond acceptors (Lipinski definition) is 3. The topological polar surface area (TPSA) is 35.0 Å². The normalized spacial score (nSPS) is 10.9. The Balaban J connectivity index is 2.23. The third-order valence-corrected chi connectivity index (χ3v) is 3.78. The highest BCUT2D eigenvalue weighted by Crippen LogP contribution is 2.29. The van der Waals surface area contributed by atoms with Crippen molar-refractivity contribution < 1.29 is 4.74 Å². The van der Waals surface area contributed by atoms with E-state index in [0.717, 1.165) is 27.8 Å². The van der Waals surface area contributed by atoms with Crippen LogP contribution in [0.4, 0.5) is 0 Å². The Labute approximate surface area is 128 Å². The SMILES string of the molecule is COc1ccc2nc(-c3cc(C)ccc3C)nc(Cl)c2c1. The van der Waals surface area contributed by atoms with Crippen LogP contribution in [-0.2, 0) is 0 Å².